The van der Waals surface area contributed by atoms with Gasteiger partial charge in [-0.25, -0.2) is 0 Å². The third-order valence-electron chi connectivity index (χ3n) is 3.19. The zero-order chi connectivity index (χ0) is 12.5. The lowest BCUT2D eigenvalue weighted by Gasteiger charge is -2.16. The van der Waals surface area contributed by atoms with E-state index in [4.69, 9.17) is 5.11 Å². The van der Waals surface area contributed by atoms with Gasteiger partial charge in [-0.05, 0) is 44.4 Å². The van der Waals surface area contributed by atoms with Crippen LogP contribution in [0.1, 0.15) is 49.8 Å². The molecule has 0 aliphatic rings. The molecule has 1 aromatic rings. The van der Waals surface area contributed by atoms with Crippen LogP contribution in [0.4, 0.5) is 0 Å². The number of nitrogens with one attached hydrogen (secondary N) is 1. The zero-order valence-electron chi connectivity index (χ0n) is 11.1. The quantitative estimate of drug-likeness (QED) is 0.678. The zero-order valence-corrected chi connectivity index (χ0v) is 11.1. The molecule has 1 atom stereocenters. The molecule has 0 radical (unpaired) electrons. The van der Waals surface area contributed by atoms with Gasteiger partial charge < -0.3 is 10.4 Å². The molecular weight excluding hydrogens is 210 g/mol. The van der Waals surface area contributed by atoms with Crippen molar-refractivity contribution in [1.82, 2.24) is 5.32 Å². The highest BCUT2D eigenvalue weighted by atomic mass is 16.2. The Morgan fingerprint density at radius 3 is 2.53 bits per heavy atom. The summed E-state index contributed by atoms with van der Waals surface area (Å²) in [7, 11) is 0. The molecule has 17 heavy (non-hydrogen) atoms. The number of aliphatic hydroxyl groups excluding tert-OH is 1. The van der Waals surface area contributed by atoms with Crippen molar-refractivity contribution >= 4 is 0 Å². The Balaban J connectivity index is 2.21. The summed E-state index contributed by atoms with van der Waals surface area (Å²) in [5, 5.41) is 12.2. The van der Waals surface area contributed by atoms with Crippen LogP contribution in [0.25, 0.3) is 0 Å². The summed E-state index contributed by atoms with van der Waals surface area (Å²) in [4.78, 5) is 0. The third kappa shape index (κ3) is 5.33. The molecule has 2 N–H and O–H groups in total. The van der Waals surface area contributed by atoms with Crippen molar-refractivity contribution in [3.05, 3.63) is 35.4 Å². The van der Waals surface area contributed by atoms with Crippen molar-refractivity contribution in [2.75, 3.05) is 13.2 Å². The van der Waals surface area contributed by atoms with Gasteiger partial charge in [0.25, 0.3) is 0 Å². The molecule has 0 saturated heterocycles. The lowest BCUT2D eigenvalue weighted by atomic mass is 10.0. The molecular formula is C15H25NO. The van der Waals surface area contributed by atoms with E-state index in [9.17, 15) is 0 Å². The number of hydrogen-bond donors (Lipinski definition) is 2. The number of hydrogen-bond acceptors (Lipinski definition) is 2. The van der Waals surface area contributed by atoms with Crippen LogP contribution >= 0.6 is 0 Å². The van der Waals surface area contributed by atoms with Crippen LogP contribution in [0.5, 0.6) is 0 Å². The monoisotopic (exact) mass is 235 g/mol. The smallest absolute Gasteiger partial charge is 0.0431 e. The molecule has 1 unspecified atom stereocenters. The fourth-order valence-corrected chi connectivity index (χ4v) is 2.09. The first-order valence-corrected chi connectivity index (χ1v) is 6.65. The van der Waals surface area contributed by atoms with Gasteiger partial charge in [0.2, 0.25) is 0 Å². The molecule has 96 valence electrons. The number of benzene rings is 1. The van der Waals surface area contributed by atoms with Gasteiger partial charge in [0.15, 0.2) is 0 Å². The van der Waals surface area contributed by atoms with E-state index in [1.807, 2.05) is 0 Å². The Bertz CT molecular complexity index is 312. The van der Waals surface area contributed by atoms with Gasteiger partial charge >= 0.3 is 0 Å². The van der Waals surface area contributed by atoms with E-state index < -0.39 is 0 Å². The Labute approximate surface area is 105 Å². The minimum absolute atomic E-state index is 0.326. The van der Waals surface area contributed by atoms with Gasteiger partial charge in [-0.1, -0.05) is 37.1 Å². The summed E-state index contributed by atoms with van der Waals surface area (Å²) in [5.74, 6) is 0. The predicted molar refractivity (Wildman–Crippen MR) is 73.2 cm³/mol. The number of unbranched alkanes of at least 4 members (excludes halogenated alkanes) is 3. The molecule has 0 heterocycles. The summed E-state index contributed by atoms with van der Waals surface area (Å²) in [6.45, 7) is 5.76. The van der Waals surface area contributed by atoms with Crippen LogP contribution in [0, 0.1) is 6.92 Å². The second-order valence-corrected chi connectivity index (χ2v) is 4.67. The van der Waals surface area contributed by atoms with E-state index in [1.54, 1.807) is 0 Å². The SMILES string of the molecule is Cc1ccccc1C(C)NCCCCCCO. The molecule has 0 amide bonds. The van der Waals surface area contributed by atoms with Crippen molar-refractivity contribution in [2.45, 2.75) is 45.6 Å². The second-order valence-electron chi connectivity index (χ2n) is 4.67. The first-order chi connectivity index (χ1) is 8.25. The van der Waals surface area contributed by atoms with Crippen molar-refractivity contribution in [1.29, 1.82) is 0 Å². The van der Waals surface area contributed by atoms with E-state index in [1.165, 1.54) is 24.0 Å². The maximum atomic E-state index is 8.67. The minimum Gasteiger partial charge on any atom is -0.396 e. The molecule has 0 fully saturated rings. The molecule has 1 rings (SSSR count). The second kappa shape index (κ2) is 8.26. The fourth-order valence-electron chi connectivity index (χ4n) is 2.09. The molecule has 2 nitrogen and oxygen atoms in total. The minimum atomic E-state index is 0.326. The van der Waals surface area contributed by atoms with E-state index >= 15 is 0 Å². The van der Waals surface area contributed by atoms with Gasteiger partial charge in [-0.3, -0.25) is 0 Å². The molecule has 2 heteroatoms. The highest BCUT2D eigenvalue weighted by Gasteiger charge is 2.05. The lowest BCUT2D eigenvalue weighted by molar-refractivity contribution is 0.282. The van der Waals surface area contributed by atoms with E-state index in [0.29, 0.717) is 12.6 Å². The van der Waals surface area contributed by atoms with Crippen LogP contribution in [-0.2, 0) is 0 Å². The van der Waals surface area contributed by atoms with Crippen molar-refractivity contribution in [2.24, 2.45) is 0 Å². The molecule has 0 bridgehead atoms. The van der Waals surface area contributed by atoms with Gasteiger partial charge in [-0.15, -0.1) is 0 Å². The molecule has 0 saturated carbocycles. The summed E-state index contributed by atoms with van der Waals surface area (Å²) < 4.78 is 0. The lowest BCUT2D eigenvalue weighted by Crippen LogP contribution is -2.20. The first-order valence-electron chi connectivity index (χ1n) is 6.65. The van der Waals surface area contributed by atoms with Crippen molar-refractivity contribution in [3.63, 3.8) is 0 Å². The Morgan fingerprint density at radius 2 is 1.82 bits per heavy atom. The molecule has 0 aliphatic heterocycles. The van der Waals surface area contributed by atoms with Crippen LogP contribution in [-0.4, -0.2) is 18.3 Å². The van der Waals surface area contributed by atoms with E-state index in [0.717, 1.165) is 19.4 Å². The van der Waals surface area contributed by atoms with Crippen LogP contribution in [0.2, 0.25) is 0 Å². The Morgan fingerprint density at radius 1 is 1.12 bits per heavy atom. The molecule has 0 spiro atoms. The summed E-state index contributed by atoms with van der Waals surface area (Å²) in [5.41, 5.74) is 2.75. The van der Waals surface area contributed by atoms with Gasteiger partial charge in [0, 0.05) is 12.6 Å². The highest BCUT2D eigenvalue weighted by Crippen LogP contribution is 2.16. The van der Waals surface area contributed by atoms with Gasteiger partial charge in [0.1, 0.15) is 0 Å². The Kier molecular flexibility index (Phi) is 6.90. The summed E-state index contributed by atoms with van der Waals surface area (Å²) in [6.07, 6.45) is 4.47. The van der Waals surface area contributed by atoms with Crippen molar-refractivity contribution < 1.29 is 5.11 Å². The summed E-state index contributed by atoms with van der Waals surface area (Å²) in [6, 6.07) is 8.96. The highest BCUT2D eigenvalue weighted by molar-refractivity contribution is 5.28. The third-order valence-corrected chi connectivity index (χ3v) is 3.19. The maximum absolute atomic E-state index is 8.67. The van der Waals surface area contributed by atoms with E-state index in [2.05, 4.69) is 43.4 Å². The van der Waals surface area contributed by atoms with E-state index in [-0.39, 0.29) is 0 Å². The predicted octanol–water partition coefficient (Wildman–Crippen LogP) is 3.20. The average molecular weight is 235 g/mol. The average Bonchev–Trinajstić information content (AvgIpc) is 2.34. The van der Waals surface area contributed by atoms with Crippen LogP contribution in [0.3, 0.4) is 0 Å². The molecule has 1 aromatic carbocycles. The van der Waals surface area contributed by atoms with Gasteiger partial charge in [-0.2, -0.15) is 0 Å². The number of rotatable bonds is 8. The van der Waals surface area contributed by atoms with Gasteiger partial charge in [0.05, 0.1) is 0 Å². The maximum Gasteiger partial charge on any atom is 0.0431 e. The fraction of sp³-hybridized carbons (Fsp3) is 0.600. The summed E-state index contributed by atoms with van der Waals surface area (Å²) >= 11 is 0. The Hall–Kier alpha value is -0.860. The number of aryl methyl sites for hydroxylation is 1. The molecule has 0 aliphatic carbocycles. The standard InChI is InChI=1S/C15H25NO/c1-13-9-5-6-10-15(13)14(2)16-11-7-3-4-8-12-17/h5-6,9-10,14,16-17H,3-4,7-8,11-12H2,1-2H3. The van der Waals surface area contributed by atoms with Crippen LogP contribution < -0.4 is 5.32 Å². The molecule has 0 aromatic heterocycles. The van der Waals surface area contributed by atoms with Crippen molar-refractivity contribution in [3.8, 4) is 0 Å². The first kappa shape index (κ1) is 14.2. The normalized spacial score (nSPS) is 12.6. The van der Waals surface area contributed by atoms with Crippen LogP contribution in [0.15, 0.2) is 24.3 Å². The largest absolute Gasteiger partial charge is 0.396 e. The number of aliphatic hydroxyl groups is 1. The topological polar surface area (TPSA) is 32.3 Å².